The van der Waals surface area contributed by atoms with Crippen LogP contribution in [0.25, 0.3) is 0 Å². The van der Waals surface area contributed by atoms with Gasteiger partial charge >= 0.3 is 48.6 Å². The van der Waals surface area contributed by atoms with Crippen LogP contribution in [0.5, 0.6) is 0 Å². The number of benzene rings is 2. The molecule has 0 aliphatic carbocycles. The van der Waals surface area contributed by atoms with Crippen LogP contribution < -0.4 is 4.70 Å². The summed E-state index contributed by atoms with van der Waals surface area (Å²) in [7, 11) is -2.44. The van der Waals surface area contributed by atoms with Crippen LogP contribution in [0.1, 0.15) is 17.2 Å². The maximum atomic E-state index is 9.84. The van der Waals surface area contributed by atoms with Gasteiger partial charge in [-0.3, -0.25) is 20.0 Å². The van der Waals surface area contributed by atoms with Crippen molar-refractivity contribution in [2.24, 2.45) is 25.0 Å². The SMILES string of the molecule is FP(F)(F)(F)F.[CH]=NC.[CH]=NC.[CH]=NC.[CH]=NC.[F-].[Ru+].[c]1ccccc1C1=N[C@H](c2ccccc2)CO1. The summed E-state index contributed by atoms with van der Waals surface area (Å²) in [4.78, 5) is 16.6. The molecule has 0 bridgehead atoms. The third-order valence-corrected chi connectivity index (χ3v) is 2.77. The molecule has 0 spiro atoms. The van der Waals surface area contributed by atoms with Crippen LogP contribution >= 0.6 is 8.16 Å². The van der Waals surface area contributed by atoms with Gasteiger partial charge in [0.1, 0.15) is 12.6 Å². The summed E-state index contributed by atoms with van der Waals surface area (Å²) in [6, 6.07) is 21.2. The molecule has 14 heteroatoms. The Labute approximate surface area is 228 Å². The Balaban J connectivity index is -0.000000144. The fourth-order valence-corrected chi connectivity index (χ4v) is 1.89. The average Bonchev–Trinajstić information content (AvgIpc) is 3.26. The Bertz CT molecular complexity index is 829. The van der Waals surface area contributed by atoms with Gasteiger partial charge < -0.3 is 9.44 Å². The van der Waals surface area contributed by atoms with Gasteiger partial charge in [0.2, 0.25) is 5.90 Å². The molecule has 37 heavy (non-hydrogen) atoms. The number of aliphatic imine (C=N–C) groups is 5. The molecule has 1 heterocycles. The van der Waals surface area contributed by atoms with Crippen LogP contribution in [0.15, 0.2) is 79.6 Å². The van der Waals surface area contributed by atoms with Crippen molar-refractivity contribution in [1.82, 2.24) is 0 Å². The van der Waals surface area contributed by atoms with Crippen LogP contribution in [0.3, 0.4) is 0 Å². The topological polar surface area (TPSA) is 71.0 Å². The van der Waals surface area contributed by atoms with Gasteiger partial charge in [-0.2, -0.15) is 0 Å². The summed E-state index contributed by atoms with van der Waals surface area (Å²) >= 11 is 0. The van der Waals surface area contributed by atoms with Crippen molar-refractivity contribution in [3.63, 3.8) is 0 Å². The van der Waals surface area contributed by atoms with Crippen molar-refractivity contribution in [2.75, 3.05) is 34.8 Å². The Morgan fingerprint density at radius 1 is 0.811 bits per heavy atom. The fourth-order valence-electron chi connectivity index (χ4n) is 1.89. The van der Waals surface area contributed by atoms with E-state index in [0.717, 1.165) is 5.56 Å². The van der Waals surface area contributed by atoms with Crippen molar-refractivity contribution in [1.29, 1.82) is 0 Å². The molecule has 1 aliphatic heterocycles. The molecule has 0 unspecified atom stereocenters. The molecule has 206 valence electrons. The minimum Gasteiger partial charge on any atom is -1.00 e. The van der Waals surface area contributed by atoms with Crippen LogP contribution in [-0.2, 0) is 24.2 Å². The number of halogens is 6. The van der Waals surface area contributed by atoms with Gasteiger partial charge in [-0.1, -0.05) is 48.5 Å². The molecule has 0 aromatic heterocycles. The van der Waals surface area contributed by atoms with Crippen molar-refractivity contribution in [3.8, 4) is 0 Å². The fraction of sp³-hybridized carbons (Fsp3) is 0.261. The number of nitrogens with zero attached hydrogens (tertiary/aromatic N) is 5. The van der Waals surface area contributed by atoms with E-state index in [1.807, 2.05) is 42.5 Å². The Morgan fingerprint density at radius 2 is 1.19 bits per heavy atom. The van der Waals surface area contributed by atoms with E-state index >= 15 is 0 Å². The van der Waals surface area contributed by atoms with Gasteiger partial charge in [-0.15, -0.1) is 0 Å². The van der Waals surface area contributed by atoms with Crippen molar-refractivity contribution < 1.29 is 49.9 Å². The van der Waals surface area contributed by atoms with Gasteiger partial charge in [0.15, 0.2) is 0 Å². The number of rotatable bonds is 2. The molecule has 3 rings (SSSR count). The first kappa shape index (κ1) is 44.2. The van der Waals surface area contributed by atoms with Crippen LogP contribution in [0.2, 0.25) is 0 Å². The van der Waals surface area contributed by atoms with E-state index in [1.54, 1.807) is 0 Å². The Kier molecular flexibility index (Phi) is 31.4. The van der Waals surface area contributed by atoms with Crippen molar-refractivity contribution in [3.05, 3.63) is 71.8 Å². The number of hydrogen-bond acceptors (Lipinski definition) is 6. The second-order valence-corrected chi connectivity index (χ2v) is 6.90. The summed E-state index contributed by atoms with van der Waals surface area (Å²) < 4.78 is 54.8. The molecule has 0 saturated carbocycles. The Morgan fingerprint density at radius 3 is 1.54 bits per heavy atom. The first-order chi connectivity index (χ1) is 16.3. The predicted molar refractivity (Wildman–Crippen MR) is 137 cm³/mol. The molecule has 0 saturated heterocycles. The molecule has 1 atom stereocenters. The van der Waals surface area contributed by atoms with Crippen LogP contribution in [0, 0.1) is 6.07 Å². The third kappa shape index (κ3) is 35.5. The van der Waals surface area contributed by atoms with Crippen LogP contribution in [-0.4, -0.2) is 67.6 Å². The first-order valence-corrected chi connectivity index (χ1v) is 11.0. The van der Waals surface area contributed by atoms with Gasteiger partial charge in [0.05, 0.1) is 0 Å². The van der Waals surface area contributed by atoms with Gasteiger partial charge in [-0.05, 0) is 17.7 Å². The van der Waals surface area contributed by atoms with E-state index in [-0.39, 0.29) is 30.2 Å². The zero-order chi connectivity index (χ0) is 27.8. The third-order valence-electron chi connectivity index (χ3n) is 2.77. The first-order valence-electron chi connectivity index (χ1n) is 9.33. The Hall–Kier alpha value is -2.78. The zero-order valence-electron chi connectivity index (χ0n) is 20.5. The molecule has 6 radical (unpaired) electrons. The van der Waals surface area contributed by atoms with E-state index in [1.165, 1.54) is 33.8 Å². The molecule has 1 aliphatic rings. The van der Waals surface area contributed by atoms with Gasteiger partial charge in [0, 0.05) is 60.6 Å². The molecule has 0 amide bonds. The molecule has 0 N–H and O–H groups in total. The molecule has 6 nitrogen and oxygen atoms in total. The van der Waals surface area contributed by atoms with E-state index < -0.39 is 8.16 Å². The quantitative estimate of drug-likeness (QED) is 0.215. The van der Waals surface area contributed by atoms with Crippen molar-refractivity contribution >= 4 is 40.9 Å². The summed E-state index contributed by atoms with van der Waals surface area (Å²) in [6.07, 6.45) is 0. The van der Waals surface area contributed by atoms with Crippen molar-refractivity contribution in [2.45, 2.75) is 6.04 Å². The van der Waals surface area contributed by atoms with E-state index in [0.29, 0.717) is 12.5 Å². The van der Waals surface area contributed by atoms with Crippen LogP contribution in [0.4, 0.5) is 21.0 Å². The summed E-state index contributed by atoms with van der Waals surface area (Å²) in [5, 5.41) is 0. The van der Waals surface area contributed by atoms with E-state index in [4.69, 9.17) is 4.74 Å². The summed E-state index contributed by atoms with van der Waals surface area (Å²) in [5.41, 5.74) is 2.12. The molecule has 0 fully saturated rings. The average molecular weight is 637 g/mol. The largest absolute Gasteiger partial charge is 1.00 e. The standard InChI is InChI=1S/C15H12NO.4C2H4N.F5P.FH.Ru/c1-3-7-12(8-4-1)14-11-17-15(16-14)13-9-5-2-6-10-13;4*1-3-2;1-6(2,3,4)5;;/h1-9,14H,11H2;4*1H,2H3;;1H;/q;;;;;;;+1/p-1/t14-;;;;;;;/m0......./s1. The zero-order valence-corrected chi connectivity index (χ0v) is 23.1. The number of hydrogen-bond donors (Lipinski definition) is 0. The summed E-state index contributed by atoms with van der Waals surface area (Å²) in [6.45, 7) is 18.5. The molecular formula is C23H28F6N5OPRu. The summed E-state index contributed by atoms with van der Waals surface area (Å²) in [5.74, 6) is 0.694. The van der Waals surface area contributed by atoms with Gasteiger partial charge in [0.25, 0.3) is 0 Å². The predicted octanol–water partition coefficient (Wildman–Crippen LogP) is 3.74. The second-order valence-electron chi connectivity index (χ2n) is 5.62. The van der Waals surface area contributed by atoms with E-state index in [9.17, 15) is 21.0 Å². The molecular weight excluding hydrogens is 608 g/mol. The normalized spacial score (nSPS) is 13.1. The second kappa shape index (κ2) is 26.3. The van der Waals surface area contributed by atoms with E-state index in [2.05, 4.69) is 70.0 Å². The molecule has 2 aromatic rings. The smallest absolute Gasteiger partial charge is 1.00 e. The number of ether oxygens (including phenoxy) is 1. The monoisotopic (exact) mass is 637 g/mol. The minimum atomic E-state index is -8.55. The van der Waals surface area contributed by atoms with Gasteiger partial charge in [-0.25, -0.2) is 4.99 Å². The minimum absolute atomic E-state index is 0. The maximum absolute atomic E-state index is 9.84. The maximum Gasteiger partial charge on any atom is 1.00 e. The molecule has 2 aromatic carbocycles.